The number of para-hydroxylation sites is 1. The Morgan fingerprint density at radius 1 is 1.20 bits per heavy atom. The molecule has 1 N–H and O–H groups in total. The molecule has 152 valence electrons. The van der Waals surface area contributed by atoms with E-state index in [1.54, 1.807) is 24.4 Å². The zero-order valence-electron chi connectivity index (χ0n) is 16.3. The molecule has 1 atom stereocenters. The van der Waals surface area contributed by atoms with Crippen molar-refractivity contribution in [3.05, 3.63) is 83.5 Å². The van der Waals surface area contributed by atoms with Gasteiger partial charge in [-0.2, -0.15) is 5.10 Å². The smallest absolute Gasteiger partial charge is 0.275 e. The minimum absolute atomic E-state index is 0.0160. The number of halogens is 1. The van der Waals surface area contributed by atoms with E-state index in [1.807, 2.05) is 29.2 Å². The number of aromatic amines is 1. The number of hydrogen-bond acceptors (Lipinski definition) is 4. The van der Waals surface area contributed by atoms with E-state index in [0.717, 1.165) is 23.7 Å². The zero-order valence-corrected chi connectivity index (χ0v) is 16.3. The normalized spacial score (nSPS) is 16.8. The summed E-state index contributed by atoms with van der Waals surface area (Å²) >= 11 is 0. The quantitative estimate of drug-likeness (QED) is 0.550. The number of nitrogens with one attached hydrogen (secondary N) is 1. The van der Waals surface area contributed by atoms with E-state index < -0.39 is 0 Å². The Labute approximate surface area is 172 Å². The molecular formula is C23H21FN4O2. The lowest BCUT2D eigenvalue weighted by atomic mass is 9.97. The summed E-state index contributed by atoms with van der Waals surface area (Å²) in [5.41, 5.74) is 1.87. The number of nitrogens with zero attached hydrogens (tertiary/aromatic N) is 3. The van der Waals surface area contributed by atoms with Crippen molar-refractivity contribution in [2.24, 2.45) is 0 Å². The SMILES string of the molecule is O=C(c1n[nH]c2ccccc12)N1CCCC(c2ncc(Cc3ccccc3F)o2)C1. The summed E-state index contributed by atoms with van der Waals surface area (Å²) in [7, 11) is 0. The molecule has 1 unspecified atom stereocenters. The summed E-state index contributed by atoms with van der Waals surface area (Å²) in [6.45, 7) is 1.21. The number of hydrogen-bond donors (Lipinski definition) is 1. The maximum atomic E-state index is 13.9. The third kappa shape index (κ3) is 3.47. The van der Waals surface area contributed by atoms with E-state index in [9.17, 15) is 9.18 Å². The molecule has 1 fully saturated rings. The number of piperidine rings is 1. The molecule has 1 aliphatic heterocycles. The number of carbonyl (C=O) groups is 1. The minimum atomic E-state index is -0.254. The average Bonchev–Trinajstić information content (AvgIpc) is 3.42. The topological polar surface area (TPSA) is 75.0 Å². The predicted molar refractivity (Wildman–Crippen MR) is 110 cm³/mol. The van der Waals surface area contributed by atoms with Crippen LogP contribution in [0.25, 0.3) is 10.9 Å². The van der Waals surface area contributed by atoms with Crippen LogP contribution >= 0.6 is 0 Å². The first kappa shape index (κ1) is 18.5. The number of likely N-dealkylation sites (tertiary alicyclic amines) is 1. The number of benzene rings is 2. The van der Waals surface area contributed by atoms with Crippen molar-refractivity contribution in [1.82, 2.24) is 20.1 Å². The van der Waals surface area contributed by atoms with Gasteiger partial charge in [0.1, 0.15) is 11.6 Å². The summed E-state index contributed by atoms with van der Waals surface area (Å²) in [5, 5.41) is 7.99. The maximum absolute atomic E-state index is 13.9. The Morgan fingerprint density at radius 3 is 2.93 bits per heavy atom. The second kappa shape index (κ2) is 7.74. The second-order valence-corrected chi connectivity index (χ2v) is 7.64. The predicted octanol–water partition coefficient (Wildman–Crippen LogP) is 4.30. The molecule has 0 radical (unpaired) electrons. The number of H-pyrrole nitrogens is 1. The lowest BCUT2D eigenvalue weighted by molar-refractivity contribution is 0.0694. The molecule has 1 amide bonds. The molecule has 0 aliphatic carbocycles. The molecule has 0 spiro atoms. The van der Waals surface area contributed by atoms with Crippen LogP contribution in [0.15, 0.2) is 59.1 Å². The molecule has 0 bridgehead atoms. The van der Waals surface area contributed by atoms with Gasteiger partial charge in [0.05, 0.1) is 17.6 Å². The van der Waals surface area contributed by atoms with E-state index in [2.05, 4.69) is 15.2 Å². The number of amides is 1. The summed E-state index contributed by atoms with van der Waals surface area (Å²) in [5.74, 6) is 0.899. The van der Waals surface area contributed by atoms with Crippen molar-refractivity contribution < 1.29 is 13.6 Å². The molecular weight excluding hydrogens is 383 g/mol. The highest BCUT2D eigenvalue weighted by molar-refractivity contribution is 6.04. The van der Waals surface area contributed by atoms with Crippen LogP contribution < -0.4 is 0 Å². The fourth-order valence-electron chi connectivity index (χ4n) is 4.06. The third-order valence-electron chi connectivity index (χ3n) is 5.62. The zero-order chi connectivity index (χ0) is 20.5. The maximum Gasteiger partial charge on any atom is 0.275 e. The van der Waals surface area contributed by atoms with Crippen LogP contribution in [0.5, 0.6) is 0 Å². The third-order valence-corrected chi connectivity index (χ3v) is 5.62. The van der Waals surface area contributed by atoms with Crippen LogP contribution in [0.2, 0.25) is 0 Å². The standard InChI is InChI=1S/C23H21FN4O2/c24-19-9-3-1-6-15(19)12-17-13-25-22(30-17)16-7-5-11-28(14-16)23(29)21-18-8-2-4-10-20(18)26-27-21/h1-4,6,8-10,13,16H,5,7,11-12,14H2,(H,26,27). The van der Waals surface area contributed by atoms with Crippen LogP contribution in [0.4, 0.5) is 4.39 Å². The van der Waals surface area contributed by atoms with Gasteiger partial charge in [-0.25, -0.2) is 9.37 Å². The molecule has 0 saturated carbocycles. The molecule has 1 saturated heterocycles. The number of fused-ring (bicyclic) bond motifs is 1. The molecule has 1 aliphatic rings. The fraction of sp³-hybridized carbons (Fsp3) is 0.261. The van der Waals surface area contributed by atoms with Gasteiger partial charge < -0.3 is 9.32 Å². The molecule has 6 nitrogen and oxygen atoms in total. The van der Waals surface area contributed by atoms with Crippen LogP contribution in [-0.4, -0.2) is 39.1 Å². The molecule has 7 heteroatoms. The van der Waals surface area contributed by atoms with Crippen LogP contribution in [0.1, 0.15) is 46.5 Å². The first-order valence-corrected chi connectivity index (χ1v) is 10.1. The highest BCUT2D eigenvalue weighted by Crippen LogP contribution is 2.29. The molecule has 5 rings (SSSR count). The van der Waals surface area contributed by atoms with Gasteiger partial charge in [0.2, 0.25) is 0 Å². The van der Waals surface area contributed by atoms with E-state index in [4.69, 9.17) is 4.42 Å². The van der Waals surface area contributed by atoms with Gasteiger partial charge in [0.15, 0.2) is 11.6 Å². The Bertz CT molecular complexity index is 1200. The Balaban J connectivity index is 1.32. The van der Waals surface area contributed by atoms with E-state index >= 15 is 0 Å². The Morgan fingerprint density at radius 2 is 2.03 bits per heavy atom. The van der Waals surface area contributed by atoms with Gasteiger partial charge in [0, 0.05) is 24.9 Å². The number of oxazole rings is 1. The van der Waals surface area contributed by atoms with Crippen molar-refractivity contribution in [2.75, 3.05) is 13.1 Å². The van der Waals surface area contributed by atoms with Crippen molar-refractivity contribution >= 4 is 16.8 Å². The second-order valence-electron chi connectivity index (χ2n) is 7.64. The van der Waals surface area contributed by atoms with Crippen molar-refractivity contribution in [3.8, 4) is 0 Å². The minimum Gasteiger partial charge on any atom is -0.445 e. The highest BCUT2D eigenvalue weighted by Gasteiger charge is 2.30. The molecule has 3 heterocycles. The lowest BCUT2D eigenvalue weighted by Crippen LogP contribution is -2.39. The summed E-state index contributed by atoms with van der Waals surface area (Å²) in [6, 6.07) is 14.3. The summed E-state index contributed by atoms with van der Waals surface area (Å²) in [6.07, 6.45) is 3.77. The summed E-state index contributed by atoms with van der Waals surface area (Å²) < 4.78 is 19.8. The lowest BCUT2D eigenvalue weighted by Gasteiger charge is -2.30. The van der Waals surface area contributed by atoms with Crippen molar-refractivity contribution in [1.29, 1.82) is 0 Å². The van der Waals surface area contributed by atoms with E-state index in [-0.39, 0.29) is 17.6 Å². The first-order chi connectivity index (χ1) is 14.7. The fourth-order valence-corrected chi connectivity index (χ4v) is 4.06. The van der Waals surface area contributed by atoms with E-state index in [1.165, 1.54) is 6.07 Å². The van der Waals surface area contributed by atoms with Gasteiger partial charge in [0.25, 0.3) is 5.91 Å². The number of aromatic nitrogens is 3. The molecule has 30 heavy (non-hydrogen) atoms. The Kier molecular flexibility index (Phi) is 4.78. The average molecular weight is 404 g/mol. The van der Waals surface area contributed by atoms with Gasteiger partial charge in [-0.3, -0.25) is 9.89 Å². The molecule has 2 aromatic carbocycles. The van der Waals surface area contributed by atoms with Crippen LogP contribution in [0, 0.1) is 5.82 Å². The number of carbonyl (C=O) groups excluding carboxylic acids is 1. The van der Waals surface area contributed by atoms with Crippen LogP contribution in [-0.2, 0) is 6.42 Å². The largest absolute Gasteiger partial charge is 0.445 e. The van der Waals surface area contributed by atoms with Gasteiger partial charge in [-0.1, -0.05) is 36.4 Å². The van der Waals surface area contributed by atoms with Crippen molar-refractivity contribution in [3.63, 3.8) is 0 Å². The highest BCUT2D eigenvalue weighted by atomic mass is 19.1. The first-order valence-electron chi connectivity index (χ1n) is 10.1. The van der Waals surface area contributed by atoms with Crippen LogP contribution in [0.3, 0.4) is 0 Å². The monoisotopic (exact) mass is 404 g/mol. The number of rotatable bonds is 4. The van der Waals surface area contributed by atoms with E-state index in [0.29, 0.717) is 42.4 Å². The van der Waals surface area contributed by atoms with Crippen molar-refractivity contribution in [2.45, 2.75) is 25.2 Å². The van der Waals surface area contributed by atoms with Gasteiger partial charge >= 0.3 is 0 Å². The van der Waals surface area contributed by atoms with Gasteiger partial charge in [-0.05, 0) is 30.5 Å². The molecule has 4 aromatic rings. The summed E-state index contributed by atoms with van der Waals surface area (Å²) in [4.78, 5) is 19.3. The van der Waals surface area contributed by atoms with Gasteiger partial charge in [-0.15, -0.1) is 0 Å². The molecule has 2 aromatic heterocycles. The Hall–Kier alpha value is -3.48.